The number of nitrogens with zero attached hydrogens (tertiary/aromatic N) is 1. The number of carbonyl (C=O) groups excluding carboxylic acids is 1. The molecule has 6 heteroatoms. The molecule has 0 bridgehead atoms. The van der Waals surface area contributed by atoms with E-state index in [1.165, 1.54) is 12.1 Å². The summed E-state index contributed by atoms with van der Waals surface area (Å²) in [5.74, 6) is -0.609. The zero-order valence-corrected chi connectivity index (χ0v) is 18.4. The molecule has 1 atom stereocenters. The van der Waals surface area contributed by atoms with Gasteiger partial charge < -0.3 is 9.32 Å². The Labute approximate surface area is 188 Å². The van der Waals surface area contributed by atoms with Crippen LogP contribution in [0.15, 0.2) is 80.8 Å². The molecule has 0 radical (unpaired) electrons. The fourth-order valence-corrected chi connectivity index (χ4v) is 4.62. The molecule has 160 valence electrons. The lowest BCUT2D eigenvalue weighted by molar-refractivity contribution is 0.0714. The highest BCUT2D eigenvalue weighted by Gasteiger charge is 2.42. The van der Waals surface area contributed by atoms with E-state index in [4.69, 9.17) is 4.42 Å². The maximum Gasteiger partial charge on any atom is 0.291 e. The predicted octanol–water partition coefficient (Wildman–Crippen LogP) is 5.71. The van der Waals surface area contributed by atoms with Crippen LogP contribution >= 0.6 is 11.8 Å². The minimum Gasteiger partial charge on any atom is -0.450 e. The fourth-order valence-electron chi connectivity index (χ4n) is 4.22. The van der Waals surface area contributed by atoms with Gasteiger partial charge in [-0.15, -0.1) is 11.8 Å². The summed E-state index contributed by atoms with van der Waals surface area (Å²) in [4.78, 5) is 29.7. The zero-order chi connectivity index (χ0) is 22.4. The summed E-state index contributed by atoms with van der Waals surface area (Å²) in [7, 11) is 0. The van der Waals surface area contributed by atoms with Gasteiger partial charge in [0.1, 0.15) is 11.4 Å². The van der Waals surface area contributed by atoms with Crippen molar-refractivity contribution in [3.63, 3.8) is 0 Å². The zero-order valence-electron chi connectivity index (χ0n) is 17.6. The third-order valence-electron chi connectivity index (χ3n) is 5.82. The molecule has 1 aromatic heterocycles. The van der Waals surface area contributed by atoms with Gasteiger partial charge in [-0.2, -0.15) is 0 Å². The molecule has 1 aliphatic heterocycles. The van der Waals surface area contributed by atoms with Gasteiger partial charge in [0.05, 0.1) is 17.0 Å². The van der Waals surface area contributed by atoms with Gasteiger partial charge in [-0.25, -0.2) is 4.39 Å². The van der Waals surface area contributed by atoms with Crippen LogP contribution in [-0.4, -0.2) is 17.1 Å². The molecule has 2 heterocycles. The van der Waals surface area contributed by atoms with E-state index in [2.05, 4.69) is 0 Å². The maximum absolute atomic E-state index is 13.6. The van der Waals surface area contributed by atoms with Crippen molar-refractivity contribution >= 4 is 28.6 Å². The van der Waals surface area contributed by atoms with Crippen LogP contribution in [0.1, 0.15) is 38.9 Å². The van der Waals surface area contributed by atoms with Crippen molar-refractivity contribution in [2.24, 2.45) is 0 Å². The highest BCUT2D eigenvalue weighted by Crippen LogP contribution is 2.39. The lowest BCUT2D eigenvalue weighted by atomic mass is 9.98. The Balaban J connectivity index is 1.70. The number of benzene rings is 3. The largest absolute Gasteiger partial charge is 0.450 e. The number of carbonyl (C=O) groups is 1. The van der Waals surface area contributed by atoms with Gasteiger partial charge in [-0.05, 0) is 60.7 Å². The van der Waals surface area contributed by atoms with Crippen LogP contribution < -0.4 is 5.43 Å². The van der Waals surface area contributed by atoms with E-state index in [-0.39, 0.29) is 29.5 Å². The van der Waals surface area contributed by atoms with Crippen molar-refractivity contribution in [2.45, 2.75) is 24.4 Å². The summed E-state index contributed by atoms with van der Waals surface area (Å²) >= 11 is 1.62. The highest BCUT2D eigenvalue weighted by molar-refractivity contribution is 7.98. The molecule has 0 saturated heterocycles. The molecule has 4 nitrogen and oxygen atoms in total. The van der Waals surface area contributed by atoms with Gasteiger partial charge in [0, 0.05) is 11.4 Å². The van der Waals surface area contributed by atoms with Gasteiger partial charge in [0.25, 0.3) is 5.91 Å². The van der Waals surface area contributed by atoms with Crippen LogP contribution in [0.5, 0.6) is 0 Å². The second-order valence-electron chi connectivity index (χ2n) is 7.91. The minimum absolute atomic E-state index is 0.0763. The van der Waals surface area contributed by atoms with Crippen molar-refractivity contribution in [3.05, 3.63) is 111 Å². The molecular weight excluding hydrogens is 425 g/mol. The van der Waals surface area contributed by atoms with E-state index in [1.807, 2.05) is 43.5 Å². The number of hydrogen-bond donors (Lipinski definition) is 0. The van der Waals surface area contributed by atoms with E-state index in [0.29, 0.717) is 16.5 Å². The molecule has 0 N–H and O–H groups in total. The van der Waals surface area contributed by atoms with Gasteiger partial charge in [-0.1, -0.05) is 35.9 Å². The number of rotatable bonds is 4. The van der Waals surface area contributed by atoms with Crippen LogP contribution in [-0.2, 0) is 6.54 Å². The number of halogens is 1. The molecule has 32 heavy (non-hydrogen) atoms. The van der Waals surface area contributed by atoms with E-state index in [1.54, 1.807) is 40.9 Å². The first kappa shape index (κ1) is 20.5. The van der Waals surface area contributed by atoms with Gasteiger partial charge in [0.15, 0.2) is 5.43 Å². The predicted molar refractivity (Wildman–Crippen MR) is 124 cm³/mol. The Hall–Kier alpha value is -3.38. The fraction of sp³-hybridized carbons (Fsp3) is 0.154. The lowest BCUT2D eigenvalue weighted by Gasteiger charge is -2.25. The Kier molecular flexibility index (Phi) is 5.10. The summed E-state index contributed by atoms with van der Waals surface area (Å²) in [6.45, 7) is 2.14. The first-order valence-electron chi connectivity index (χ1n) is 10.2. The molecule has 0 saturated carbocycles. The number of hydrogen-bond acceptors (Lipinski definition) is 4. The average Bonchev–Trinajstić information content (AvgIpc) is 3.08. The standard InChI is InChI=1S/C26H20FNO3S/c1-15-3-12-21-20(13-15)24(29)22-23(17-6-10-19(32-2)11-7-17)28(26(30)25(22)31-21)14-16-4-8-18(27)9-5-16/h3-13,23H,14H2,1-2H3/t23-/m0/s1. The third-order valence-corrected chi connectivity index (χ3v) is 6.56. The second kappa shape index (κ2) is 7.95. The normalized spacial score (nSPS) is 15.4. The molecule has 4 aromatic rings. The molecule has 0 aliphatic carbocycles. The summed E-state index contributed by atoms with van der Waals surface area (Å²) in [5, 5.41) is 0.464. The molecule has 1 aliphatic rings. The Morgan fingerprint density at radius 1 is 1.00 bits per heavy atom. The van der Waals surface area contributed by atoms with E-state index in [0.717, 1.165) is 21.6 Å². The summed E-state index contributed by atoms with van der Waals surface area (Å²) < 4.78 is 19.4. The SMILES string of the molecule is CSc1ccc([C@H]2c3c(oc4ccc(C)cc4c3=O)C(=O)N2Cc2ccc(F)cc2)cc1. The molecule has 5 rings (SSSR count). The monoisotopic (exact) mass is 445 g/mol. The van der Waals surface area contributed by atoms with Crippen molar-refractivity contribution in [2.75, 3.05) is 6.26 Å². The van der Waals surface area contributed by atoms with Crippen LogP contribution in [0.4, 0.5) is 4.39 Å². The Morgan fingerprint density at radius 2 is 1.72 bits per heavy atom. The summed E-state index contributed by atoms with van der Waals surface area (Å²) in [6.07, 6.45) is 1.99. The minimum atomic E-state index is -0.584. The number of aryl methyl sites for hydroxylation is 1. The Bertz CT molecular complexity index is 1390. The molecule has 0 spiro atoms. The lowest BCUT2D eigenvalue weighted by Crippen LogP contribution is -2.29. The molecule has 0 unspecified atom stereocenters. The molecular formula is C26H20FNO3S. The van der Waals surface area contributed by atoms with Crippen molar-refractivity contribution in [1.29, 1.82) is 0 Å². The van der Waals surface area contributed by atoms with Crippen LogP contribution in [0, 0.1) is 12.7 Å². The quantitative estimate of drug-likeness (QED) is 0.378. The smallest absolute Gasteiger partial charge is 0.291 e. The van der Waals surface area contributed by atoms with E-state index >= 15 is 0 Å². The molecule has 3 aromatic carbocycles. The second-order valence-corrected chi connectivity index (χ2v) is 8.79. The van der Waals surface area contributed by atoms with Crippen molar-refractivity contribution in [3.8, 4) is 0 Å². The van der Waals surface area contributed by atoms with Crippen molar-refractivity contribution < 1.29 is 13.6 Å². The first-order chi connectivity index (χ1) is 15.5. The highest BCUT2D eigenvalue weighted by atomic mass is 32.2. The van der Waals surface area contributed by atoms with Crippen molar-refractivity contribution in [1.82, 2.24) is 4.90 Å². The van der Waals surface area contributed by atoms with E-state index in [9.17, 15) is 14.0 Å². The van der Waals surface area contributed by atoms with Crippen LogP contribution in [0.3, 0.4) is 0 Å². The summed E-state index contributed by atoms with van der Waals surface area (Å²) in [5.41, 5.74) is 3.10. The van der Waals surface area contributed by atoms with Crippen LogP contribution in [0.25, 0.3) is 11.0 Å². The first-order valence-corrected chi connectivity index (χ1v) is 11.5. The van der Waals surface area contributed by atoms with E-state index < -0.39 is 6.04 Å². The van der Waals surface area contributed by atoms with Gasteiger partial charge >= 0.3 is 0 Å². The number of amides is 1. The maximum atomic E-state index is 13.6. The van der Waals surface area contributed by atoms with Gasteiger partial charge in [-0.3, -0.25) is 9.59 Å². The molecule has 1 amide bonds. The molecule has 0 fully saturated rings. The third kappa shape index (κ3) is 3.41. The average molecular weight is 446 g/mol. The van der Waals surface area contributed by atoms with Gasteiger partial charge in [0.2, 0.25) is 5.76 Å². The number of fused-ring (bicyclic) bond motifs is 2. The number of thioether (sulfide) groups is 1. The Morgan fingerprint density at radius 3 is 2.41 bits per heavy atom. The topological polar surface area (TPSA) is 50.5 Å². The van der Waals surface area contributed by atoms with Crippen LogP contribution in [0.2, 0.25) is 0 Å². The summed E-state index contributed by atoms with van der Waals surface area (Å²) in [6, 6.07) is 18.7.